The van der Waals surface area contributed by atoms with Gasteiger partial charge in [0, 0.05) is 16.8 Å². The van der Waals surface area contributed by atoms with Gasteiger partial charge >= 0.3 is 0 Å². The SMILES string of the molecule is Cc1ccc(-c2ncco2)cc1-c1ccc(NC(=O)Cc2c(F)cccc2F)cc1. The van der Waals surface area contributed by atoms with Crippen LogP contribution in [0.15, 0.2) is 77.5 Å². The largest absolute Gasteiger partial charge is 0.445 e. The van der Waals surface area contributed by atoms with Gasteiger partial charge in [-0.15, -0.1) is 0 Å². The molecule has 3 aromatic carbocycles. The highest BCUT2D eigenvalue weighted by molar-refractivity contribution is 5.92. The van der Waals surface area contributed by atoms with Crippen LogP contribution in [0.4, 0.5) is 14.5 Å². The van der Waals surface area contributed by atoms with Crippen molar-refractivity contribution in [2.75, 3.05) is 5.32 Å². The zero-order valence-corrected chi connectivity index (χ0v) is 16.2. The molecule has 0 saturated heterocycles. The van der Waals surface area contributed by atoms with E-state index in [0.29, 0.717) is 11.6 Å². The maximum Gasteiger partial charge on any atom is 0.229 e. The molecule has 0 saturated carbocycles. The molecule has 4 aromatic rings. The van der Waals surface area contributed by atoms with Crippen LogP contribution in [-0.4, -0.2) is 10.9 Å². The van der Waals surface area contributed by atoms with Gasteiger partial charge in [-0.05, 0) is 60.0 Å². The van der Waals surface area contributed by atoms with Gasteiger partial charge in [-0.25, -0.2) is 13.8 Å². The van der Waals surface area contributed by atoms with E-state index in [9.17, 15) is 13.6 Å². The summed E-state index contributed by atoms with van der Waals surface area (Å²) in [6.07, 6.45) is 2.75. The van der Waals surface area contributed by atoms with Crippen molar-refractivity contribution in [3.8, 4) is 22.6 Å². The van der Waals surface area contributed by atoms with Crippen molar-refractivity contribution in [2.24, 2.45) is 0 Å². The van der Waals surface area contributed by atoms with Gasteiger partial charge in [0.25, 0.3) is 0 Å². The van der Waals surface area contributed by atoms with Crippen LogP contribution in [0.1, 0.15) is 11.1 Å². The van der Waals surface area contributed by atoms with Crippen molar-refractivity contribution < 1.29 is 18.0 Å². The van der Waals surface area contributed by atoms with Gasteiger partial charge in [0.15, 0.2) is 0 Å². The fraction of sp³-hybridized carbons (Fsp3) is 0.0833. The molecule has 1 heterocycles. The summed E-state index contributed by atoms with van der Waals surface area (Å²) in [5.41, 5.74) is 4.21. The second kappa shape index (κ2) is 8.29. The minimum absolute atomic E-state index is 0.245. The molecule has 0 atom stereocenters. The first-order chi connectivity index (χ1) is 14.5. The lowest BCUT2D eigenvalue weighted by molar-refractivity contribution is -0.115. The molecule has 0 aliphatic rings. The Labute approximate surface area is 172 Å². The van der Waals surface area contributed by atoms with Gasteiger partial charge in [0.05, 0.1) is 12.6 Å². The predicted octanol–water partition coefficient (Wildman–Crippen LogP) is 5.78. The third-order valence-electron chi connectivity index (χ3n) is 4.80. The second-order valence-electron chi connectivity index (χ2n) is 6.87. The van der Waals surface area contributed by atoms with Crippen LogP contribution in [0.5, 0.6) is 0 Å². The molecule has 0 aliphatic heterocycles. The van der Waals surface area contributed by atoms with Crippen molar-refractivity contribution in [3.05, 3.63) is 95.9 Å². The van der Waals surface area contributed by atoms with E-state index < -0.39 is 17.5 Å². The van der Waals surface area contributed by atoms with E-state index in [2.05, 4.69) is 10.3 Å². The van der Waals surface area contributed by atoms with E-state index in [4.69, 9.17) is 4.42 Å². The molecule has 0 bridgehead atoms. The lowest BCUT2D eigenvalue weighted by atomic mass is 9.98. The van der Waals surface area contributed by atoms with Crippen LogP contribution in [-0.2, 0) is 11.2 Å². The zero-order valence-electron chi connectivity index (χ0n) is 16.2. The van der Waals surface area contributed by atoms with Crippen molar-refractivity contribution >= 4 is 11.6 Å². The van der Waals surface area contributed by atoms with Gasteiger partial charge < -0.3 is 9.73 Å². The summed E-state index contributed by atoms with van der Waals surface area (Å²) in [6.45, 7) is 2.01. The van der Waals surface area contributed by atoms with Gasteiger partial charge in [0.1, 0.15) is 17.9 Å². The molecule has 1 aromatic heterocycles. The number of hydrogen-bond acceptors (Lipinski definition) is 3. The van der Waals surface area contributed by atoms with Crippen molar-refractivity contribution in [1.82, 2.24) is 4.98 Å². The van der Waals surface area contributed by atoms with E-state index in [1.54, 1.807) is 18.3 Å². The maximum atomic E-state index is 13.7. The number of carbonyl (C=O) groups excluding carboxylic acids is 1. The zero-order chi connectivity index (χ0) is 21.1. The van der Waals surface area contributed by atoms with Crippen LogP contribution < -0.4 is 5.32 Å². The molecule has 0 fully saturated rings. The molecule has 4 nitrogen and oxygen atoms in total. The van der Waals surface area contributed by atoms with E-state index in [0.717, 1.165) is 34.4 Å². The first kappa shape index (κ1) is 19.5. The Morgan fingerprint density at radius 1 is 1.00 bits per heavy atom. The second-order valence-corrected chi connectivity index (χ2v) is 6.87. The van der Waals surface area contributed by atoms with E-state index in [-0.39, 0.29) is 12.0 Å². The number of halogens is 2. The van der Waals surface area contributed by atoms with Crippen LogP contribution in [0.2, 0.25) is 0 Å². The summed E-state index contributed by atoms with van der Waals surface area (Å²) < 4.78 is 32.8. The Kier molecular flexibility index (Phi) is 5.39. The van der Waals surface area contributed by atoms with Gasteiger partial charge in [-0.3, -0.25) is 4.79 Å². The molecule has 1 amide bonds. The third-order valence-corrected chi connectivity index (χ3v) is 4.80. The molecule has 150 valence electrons. The number of anilines is 1. The molecule has 0 aliphatic carbocycles. The quantitative estimate of drug-likeness (QED) is 0.459. The molecule has 0 spiro atoms. The van der Waals surface area contributed by atoms with Crippen LogP contribution in [0.3, 0.4) is 0 Å². The topological polar surface area (TPSA) is 55.1 Å². The smallest absolute Gasteiger partial charge is 0.229 e. The number of rotatable bonds is 5. The Morgan fingerprint density at radius 2 is 1.70 bits per heavy atom. The lowest BCUT2D eigenvalue weighted by Crippen LogP contribution is -2.16. The highest BCUT2D eigenvalue weighted by Crippen LogP contribution is 2.29. The Morgan fingerprint density at radius 3 is 2.37 bits per heavy atom. The van der Waals surface area contributed by atoms with E-state index >= 15 is 0 Å². The molecule has 1 N–H and O–H groups in total. The standard InChI is InChI=1S/C24H18F2N2O2/c1-15-5-6-17(24-27-11-12-30-24)13-19(15)16-7-9-18(10-8-16)28-23(29)14-20-21(25)3-2-4-22(20)26/h2-13H,14H2,1H3,(H,28,29). The minimum Gasteiger partial charge on any atom is -0.445 e. The van der Waals surface area contributed by atoms with Crippen molar-refractivity contribution in [2.45, 2.75) is 13.3 Å². The molecule has 30 heavy (non-hydrogen) atoms. The summed E-state index contributed by atoms with van der Waals surface area (Å²) in [7, 11) is 0. The van der Waals surface area contributed by atoms with Gasteiger partial charge in [-0.2, -0.15) is 0 Å². The molecule has 4 rings (SSSR count). The first-order valence-corrected chi connectivity index (χ1v) is 9.35. The highest BCUT2D eigenvalue weighted by Gasteiger charge is 2.13. The monoisotopic (exact) mass is 404 g/mol. The minimum atomic E-state index is -0.734. The third kappa shape index (κ3) is 4.12. The number of nitrogens with one attached hydrogen (secondary N) is 1. The summed E-state index contributed by atoms with van der Waals surface area (Å²) in [5.74, 6) is -1.42. The van der Waals surface area contributed by atoms with Crippen LogP contribution in [0, 0.1) is 18.6 Å². The average Bonchev–Trinajstić information content (AvgIpc) is 3.27. The van der Waals surface area contributed by atoms with Crippen LogP contribution in [0.25, 0.3) is 22.6 Å². The molecule has 0 radical (unpaired) electrons. The summed E-state index contributed by atoms with van der Waals surface area (Å²) in [4.78, 5) is 16.4. The van der Waals surface area contributed by atoms with E-state index in [1.165, 1.54) is 12.3 Å². The number of hydrogen-bond donors (Lipinski definition) is 1. The number of aryl methyl sites for hydroxylation is 1. The number of oxazole rings is 1. The van der Waals surface area contributed by atoms with Gasteiger partial charge in [-0.1, -0.05) is 24.3 Å². The number of carbonyl (C=O) groups is 1. The van der Waals surface area contributed by atoms with Crippen molar-refractivity contribution in [1.29, 1.82) is 0 Å². The lowest BCUT2D eigenvalue weighted by Gasteiger charge is -2.10. The number of benzene rings is 3. The average molecular weight is 404 g/mol. The number of aromatic nitrogens is 1. The fourth-order valence-electron chi connectivity index (χ4n) is 3.23. The van der Waals surface area contributed by atoms with E-state index in [1.807, 2.05) is 37.3 Å². The molecular formula is C24H18F2N2O2. The summed E-state index contributed by atoms with van der Waals surface area (Å²) >= 11 is 0. The van der Waals surface area contributed by atoms with Gasteiger partial charge in [0.2, 0.25) is 11.8 Å². The molecule has 6 heteroatoms. The molecular weight excluding hydrogens is 386 g/mol. The van der Waals surface area contributed by atoms with Crippen molar-refractivity contribution in [3.63, 3.8) is 0 Å². The Bertz CT molecular complexity index is 1170. The van der Waals surface area contributed by atoms with Crippen LogP contribution >= 0.6 is 0 Å². The predicted molar refractivity (Wildman–Crippen MR) is 111 cm³/mol. The number of nitrogens with zero attached hydrogens (tertiary/aromatic N) is 1. The maximum absolute atomic E-state index is 13.7. The number of amides is 1. The summed E-state index contributed by atoms with van der Waals surface area (Å²) in [5, 5.41) is 2.67. The summed E-state index contributed by atoms with van der Waals surface area (Å²) in [6, 6.07) is 16.7. The Hall–Kier alpha value is -3.80. The fourth-order valence-corrected chi connectivity index (χ4v) is 3.23. The Balaban J connectivity index is 1.51. The normalized spacial score (nSPS) is 10.8. The first-order valence-electron chi connectivity index (χ1n) is 9.35. The highest BCUT2D eigenvalue weighted by atomic mass is 19.1. The molecule has 0 unspecified atom stereocenters.